The lowest BCUT2D eigenvalue weighted by molar-refractivity contribution is -0.120. The van der Waals surface area contributed by atoms with Gasteiger partial charge >= 0.3 is 0 Å². The highest BCUT2D eigenvalue weighted by Crippen LogP contribution is 2.06. The molecule has 3 nitrogen and oxygen atoms in total. The summed E-state index contributed by atoms with van der Waals surface area (Å²) in [5, 5.41) is 0. The summed E-state index contributed by atoms with van der Waals surface area (Å²) >= 11 is 0. The van der Waals surface area contributed by atoms with Gasteiger partial charge in [-0.05, 0) is 32.9 Å². The van der Waals surface area contributed by atoms with Gasteiger partial charge in [0.1, 0.15) is 17.7 Å². The summed E-state index contributed by atoms with van der Waals surface area (Å²) < 4.78 is 0. The van der Waals surface area contributed by atoms with Crippen LogP contribution in [0.1, 0.15) is 33.6 Å². The molecule has 80 valence electrons. The fraction of sp³-hybridized carbons (Fsp3) is 0.545. The molecule has 0 heterocycles. The lowest BCUT2D eigenvalue weighted by atomic mass is 10.00. The first-order valence-corrected chi connectivity index (χ1v) is 4.34. The van der Waals surface area contributed by atoms with Crippen molar-refractivity contribution < 1.29 is 14.4 Å². The van der Waals surface area contributed by atoms with Crippen molar-refractivity contribution in [1.82, 2.24) is 0 Å². The normalized spacial score (nSPS) is 6.86. The molecular weight excluding hydrogens is 180 g/mol. The van der Waals surface area contributed by atoms with E-state index >= 15 is 0 Å². The summed E-state index contributed by atoms with van der Waals surface area (Å²) in [5.41, 5.74) is 0. The molecule has 0 atom stereocenters. The molecule has 0 spiro atoms. The van der Waals surface area contributed by atoms with Crippen LogP contribution in [0.25, 0.3) is 0 Å². The summed E-state index contributed by atoms with van der Waals surface area (Å²) in [7, 11) is 0. The van der Waals surface area contributed by atoms with E-state index in [-0.39, 0.29) is 0 Å². The third kappa shape index (κ3) is 22.4. The number of ketones is 1. The molecule has 0 aromatic heterocycles. The Morgan fingerprint density at radius 3 is 1.36 bits per heavy atom. The number of rotatable bonds is 3. The van der Waals surface area contributed by atoms with Crippen molar-refractivity contribution in [3.63, 3.8) is 0 Å². The minimum absolute atomic E-state index is 0.315. The molecule has 0 radical (unpaired) electrons. The summed E-state index contributed by atoms with van der Waals surface area (Å²) in [6, 6.07) is 0. The van der Waals surface area contributed by atoms with E-state index in [1.807, 2.05) is 0 Å². The fourth-order valence-electron chi connectivity index (χ4n) is 0.864. The van der Waals surface area contributed by atoms with Crippen LogP contribution in [0.2, 0.25) is 0 Å². The van der Waals surface area contributed by atoms with Gasteiger partial charge in [0.2, 0.25) is 0 Å². The molecule has 0 aliphatic heterocycles. The van der Waals surface area contributed by atoms with Gasteiger partial charge in [-0.1, -0.05) is 13.8 Å². The van der Waals surface area contributed by atoms with Crippen LogP contribution in [-0.2, 0) is 14.4 Å². The first-order chi connectivity index (χ1) is 6.55. The van der Waals surface area contributed by atoms with Crippen LogP contribution in [0.15, 0.2) is 13.2 Å². The molecule has 0 saturated carbocycles. The van der Waals surface area contributed by atoms with E-state index in [4.69, 9.17) is 9.59 Å². The van der Waals surface area contributed by atoms with E-state index in [2.05, 4.69) is 27.0 Å². The molecule has 0 fully saturated rings. The van der Waals surface area contributed by atoms with Crippen molar-refractivity contribution in [1.29, 1.82) is 0 Å². The van der Waals surface area contributed by atoms with E-state index in [0.29, 0.717) is 11.7 Å². The molecule has 0 aliphatic carbocycles. The Kier molecular flexibility index (Phi) is 23.1. The molecule has 0 aliphatic rings. The first kappa shape index (κ1) is 18.4. The average molecular weight is 198 g/mol. The maximum atomic E-state index is 10.6. The van der Waals surface area contributed by atoms with E-state index < -0.39 is 0 Å². The average Bonchev–Trinajstić information content (AvgIpc) is 2.08. The smallest absolute Gasteiger partial charge is 0.132 e. The summed E-state index contributed by atoms with van der Waals surface area (Å²) in [5.74, 6) is 3.14. The predicted octanol–water partition coefficient (Wildman–Crippen LogP) is 2.02. The zero-order chi connectivity index (χ0) is 12.0. The van der Waals surface area contributed by atoms with E-state index in [0.717, 1.165) is 12.8 Å². The lowest BCUT2D eigenvalue weighted by Gasteiger charge is -2.04. The van der Waals surface area contributed by atoms with Crippen LogP contribution in [-0.4, -0.2) is 17.7 Å². The van der Waals surface area contributed by atoms with Crippen molar-refractivity contribution in [2.75, 3.05) is 0 Å². The number of carbonyl (C=O) groups is 1. The lowest BCUT2D eigenvalue weighted by Crippen LogP contribution is -2.07. The van der Waals surface area contributed by atoms with Gasteiger partial charge in [0.15, 0.2) is 0 Å². The number of carbonyl (C=O) groups excluding carboxylic acids is 3. The van der Waals surface area contributed by atoms with Crippen LogP contribution < -0.4 is 0 Å². The van der Waals surface area contributed by atoms with E-state index in [1.54, 1.807) is 6.92 Å². The first-order valence-electron chi connectivity index (χ1n) is 4.34. The molecule has 0 aromatic carbocycles. The highest BCUT2D eigenvalue weighted by molar-refractivity contribution is 5.78. The third-order valence-corrected chi connectivity index (χ3v) is 1.56. The SMILES string of the molecule is C=C=O.C=C=O.CCC(CC)C(C)=O. The minimum Gasteiger partial charge on any atom is -0.300 e. The fourth-order valence-corrected chi connectivity index (χ4v) is 0.864. The number of hydrogen-bond acceptors (Lipinski definition) is 3. The second-order valence-corrected chi connectivity index (χ2v) is 2.41. The van der Waals surface area contributed by atoms with Crippen LogP contribution >= 0.6 is 0 Å². The zero-order valence-electron chi connectivity index (χ0n) is 9.13. The van der Waals surface area contributed by atoms with Crippen molar-refractivity contribution >= 4 is 17.7 Å². The largest absolute Gasteiger partial charge is 0.300 e. The topological polar surface area (TPSA) is 51.2 Å². The van der Waals surface area contributed by atoms with Crippen molar-refractivity contribution in [2.45, 2.75) is 33.6 Å². The van der Waals surface area contributed by atoms with Crippen LogP contribution in [0.4, 0.5) is 0 Å². The Bertz CT molecular complexity index is 179. The second kappa shape index (κ2) is 17.6. The van der Waals surface area contributed by atoms with Crippen molar-refractivity contribution in [3.8, 4) is 0 Å². The summed E-state index contributed by atoms with van der Waals surface area (Å²) in [6.45, 7) is 11.1. The highest BCUT2D eigenvalue weighted by atomic mass is 16.1. The van der Waals surface area contributed by atoms with Crippen LogP contribution in [0, 0.1) is 5.92 Å². The molecule has 0 amide bonds. The van der Waals surface area contributed by atoms with Crippen LogP contribution in [0.3, 0.4) is 0 Å². The Hall–Kier alpha value is -1.43. The standard InChI is InChI=1S/C7H14O.2C2H2O/c1-4-7(5-2)6(3)8;2*1-2-3/h7H,4-5H2,1-3H3;2*1H2. The van der Waals surface area contributed by atoms with Gasteiger partial charge in [0.25, 0.3) is 0 Å². The van der Waals surface area contributed by atoms with Crippen molar-refractivity contribution in [3.05, 3.63) is 13.2 Å². The third-order valence-electron chi connectivity index (χ3n) is 1.56. The predicted molar refractivity (Wildman–Crippen MR) is 57.4 cm³/mol. The number of hydrogen-bond donors (Lipinski definition) is 0. The molecule has 0 saturated heterocycles. The summed E-state index contributed by atoms with van der Waals surface area (Å²) in [4.78, 5) is 27.7. The van der Waals surface area contributed by atoms with E-state index in [1.165, 1.54) is 11.9 Å². The summed E-state index contributed by atoms with van der Waals surface area (Å²) in [6.07, 6.45) is 1.98. The zero-order valence-corrected chi connectivity index (χ0v) is 9.13. The van der Waals surface area contributed by atoms with Gasteiger partial charge in [-0.25, -0.2) is 9.59 Å². The molecule has 0 rings (SSSR count). The molecule has 14 heavy (non-hydrogen) atoms. The molecular formula is C11H18O3. The maximum absolute atomic E-state index is 10.6. The van der Waals surface area contributed by atoms with Gasteiger partial charge in [-0.15, -0.1) is 0 Å². The van der Waals surface area contributed by atoms with E-state index in [9.17, 15) is 4.79 Å². The van der Waals surface area contributed by atoms with Crippen molar-refractivity contribution in [2.24, 2.45) is 5.92 Å². The molecule has 0 aromatic rings. The Balaban J connectivity index is -0.000000168. The Labute approximate surface area is 85.5 Å². The monoisotopic (exact) mass is 198 g/mol. The highest BCUT2D eigenvalue weighted by Gasteiger charge is 2.06. The second-order valence-electron chi connectivity index (χ2n) is 2.41. The van der Waals surface area contributed by atoms with Gasteiger partial charge < -0.3 is 0 Å². The quantitative estimate of drug-likeness (QED) is 0.652. The minimum atomic E-state index is 0.315. The number of Topliss-reactive ketones (excluding diaryl/α,β-unsaturated/α-hetero) is 1. The molecule has 3 heteroatoms. The Morgan fingerprint density at radius 2 is 1.36 bits per heavy atom. The van der Waals surface area contributed by atoms with Crippen LogP contribution in [0.5, 0.6) is 0 Å². The van der Waals surface area contributed by atoms with Gasteiger partial charge in [0, 0.05) is 5.92 Å². The van der Waals surface area contributed by atoms with Gasteiger partial charge in [-0.2, -0.15) is 0 Å². The maximum Gasteiger partial charge on any atom is 0.132 e. The molecule has 0 N–H and O–H groups in total. The Morgan fingerprint density at radius 1 is 1.14 bits per heavy atom. The molecule has 0 bridgehead atoms. The van der Waals surface area contributed by atoms with Gasteiger partial charge in [0.05, 0.1) is 0 Å². The molecule has 0 unspecified atom stereocenters. The van der Waals surface area contributed by atoms with Gasteiger partial charge in [-0.3, -0.25) is 4.79 Å².